The molecule has 1 saturated heterocycles. The molecule has 0 radical (unpaired) electrons. The first-order valence-corrected chi connectivity index (χ1v) is 13.7. The van der Waals surface area contributed by atoms with E-state index in [-0.39, 0.29) is 11.4 Å². The molecule has 35 heavy (non-hydrogen) atoms. The van der Waals surface area contributed by atoms with Crippen molar-refractivity contribution < 1.29 is 14.3 Å². The maximum absolute atomic E-state index is 12.6. The van der Waals surface area contributed by atoms with Gasteiger partial charge >= 0.3 is 0 Å². The summed E-state index contributed by atoms with van der Waals surface area (Å²) in [5.41, 5.74) is 3.78. The molecule has 3 aromatic carbocycles. The number of aryl methyl sites for hydroxylation is 1. The molecule has 0 saturated carbocycles. The highest BCUT2D eigenvalue weighted by Gasteiger charge is 2.27. The Morgan fingerprint density at radius 3 is 2.46 bits per heavy atom. The number of hydrogen-bond donors (Lipinski definition) is 2. The molecule has 1 aliphatic heterocycles. The predicted molar refractivity (Wildman–Crippen MR) is 153 cm³/mol. The number of carbonyl (C=O) groups is 1. The second-order valence-corrected chi connectivity index (χ2v) is 10.7. The van der Waals surface area contributed by atoms with E-state index in [1.165, 1.54) is 17.3 Å². The van der Waals surface area contributed by atoms with Gasteiger partial charge in [-0.05, 0) is 95.1 Å². The highest BCUT2D eigenvalue weighted by atomic mass is 127. The monoisotopic (exact) mass is 620 g/mol. The number of benzene rings is 3. The molecule has 1 amide bonds. The Morgan fingerprint density at radius 1 is 1.06 bits per heavy atom. The van der Waals surface area contributed by atoms with Crippen LogP contribution in [0.25, 0.3) is 6.08 Å². The van der Waals surface area contributed by atoms with Crippen LogP contribution < -0.4 is 20.1 Å². The molecule has 5 nitrogen and oxygen atoms in total. The lowest BCUT2D eigenvalue weighted by atomic mass is 10.1. The van der Waals surface area contributed by atoms with Gasteiger partial charge in [0.15, 0.2) is 17.0 Å². The van der Waals surface area contributed by atoms with E-state index in [0.717, 1.165) is 26.8 Å². The van der Waals surface area contributed by atoms with Crippen molar-refractivity contribution >= 4 is 63.6 Å². The van der Waals surface area contributed by atoms with E-state index in [1.54, 1.807) is 6.07 Å². The fraction of sp³-hybridized carbons (Fsp3) is 0.222. The molecule has 0 aliphatic carbocycles. The average Bonchev–Trinajstić information content (AvgIpc) is 3.18. The van der Waals surface area contributed by atoms with Crippen LogP contribution in [-0.2, 0) is 17.8 Å². The molecular formula is C27H26ClIN2O3S. The number of rotatable bonds is 9. The summed E-state index contributed by atoms with van der Waals surface area (Å²) in [6, 6.07) is 20.0. The maximum Gasteiger partial charge on any atom is 0.260 e. The number of carbonyl (C=O) groups excluding carboxylic acids is 1. The molecule has 0 bridgehead atoms. The van der Waals surface area contributed by atoms with Crippen LogP contribution in [0.3, 0.4) is 0 Å². The molecule has 1 heterocycles. The fourth-order valence-corrected chi connectivity index (χ4v) is 5.13. The zero-order chi connectivity index (χ0) is 24.8. The summed E-state index contributed by atoms with van der Waals surface area (Å²) >= 11 is 10.3. The summed E-state index contributed by atoms with van der Waals surface area (Å²) in [6.45, 7) is 4.88. The van der Waals surface area contributed by atoms with Crippen LogP contribution in [0, 0.1) is 3.57 Å². The highest BCUT2D eigenvalue weighted by molar-refractivity contribution is 14.1. The lowest BCUT2D eigenvalue weighted by Gasteiger charge is -2.15. The topological polar surface area (TPSA) is 59.6 Å². The van der Waals surface area contributed by atoms with Crippen molar-refractivity contribution in [2.24, 2.45) is 0 Å². The Labute approximate surface area is 228 Å². The normalized spacial score (nSPS) is 16.3. The van der Waals surface area contributed by atoms with Gasteiger partial charge < -0.3 is 20.1 Å². The number of thioether (sulfide) groups is 1. The summed E-state index contributed by atoms with van der Waals surface area (Å²) in [7, 11) is 0. The first-order valence-electron chi connectivity index (χ1n) is 11.3. The number of halogens is 2. The molecule has 3 aromatic rings. The highest BCUT2D eigenvalue weighted by Crippen LogP contribution is 2.39. The van der Waals surface area contributed by atoms with Crippen LogP contribution in [0.4, 0.5) is 5.69 Å². The third-order valence-corrected chi connectivity index (χ3v) is 7.35. The standard InChI is InChI=1S/C27H26ClIN2O3S/c1-3-17-7-11-21(12-8-17)30-27-31-26(32)24(35-27)15-19-13-22(28)25(23(14-19)33-4-2)34-16-18-5-9-20(29)10-6-18/h5-15,27,30H,3-4,16H2,1-2H3,(H,31,32)/b24-15-/t27-/m1/s1. The molecule has 0 unspecified atom stereocenters. The van der Waals surface area contributed by atoms with Crippen molar-refractivity contribution in [1.82, 2.24) is 5.32 Å². The molecule has 1 aliphatic rings. The van der Waals surface area contributed by atoms with E-state index in [1.807, 2.05) is 55.5 Å². The Bertz CT molecular complexity index is 1220. The Morgan fingerprint density at radius 2 is 1.77 bits per heavy atom. The van der Waals surface area contributed by atoms with E-state index in [9.17, 15) is 4.79 Å². The fourth-order valence-electron chi connectivity index (χ4n) is 3.52. The first-order chi connectivity index (χ1) is 16.9. The zero-order valence-electron chi connectivity index (χ0n) is 19.4. The lowest BCUT2D eigenvalue weighted by molar-refractivity contribution is -0.116. The van der Waals surface area contributed by atoms with E-state index in [2.05, 4.69) is 52.3 Å². The zero-order valence-corrected chi connectivity index (χ0v) is 23.2. The summed E-state index contributed by atoms with van der Waals surface area (Å²) < 4.78 is 13.0. The average molecular weight is 621 g/mol. The van der Waals surface area contributed by atoms with Crippen molar-refractivity contribution in [3.8, 4) is 11.5 Å². The number of amides is 1. The van der Waals surface area contributed by atoms with Gasteiger partial charge in [-0.15, -0.1) is 0 Å². The Balaban J connectivity index is 1.48. The second kappa shape index (κ2) is 12.1. The maximum atomic E-state index is 12.6. The van der Waals surface area contributed by atoms with Crippen molar-refractivity contribution in [2.45, 2.75) is 32.4 Å². The largest absolute Gasteiger partial charge is 0.490 e. The van der Waals surface area contributed by atoms with E-state index in [4.69, 9.17) is 21.1 Å². The van der Waals surface area contributed by atoms with E-state index in [0.29, 0.717) is 34.6 Å². The van der Waals surface area contributed by atoms with Gasteiger partial charge in [0, 0.05) is 9.26 Å². The summed E-state index contributed by atoms with van der Waals surface area (Å²) in [6.07, 6.45) is 2.81. The molecule has 1 atom stereocenters. The third-order valence-electron chi connectivity index (χ3n) is 5.32. The van der Waals surface area contributed by atoms with Gasteiger partial charge in [0.25, 0.3) is 5.91 Å². The van der Waals surface area contributed by atoms with Gasteiger partial charge in [-0.3, -0.25) is 4.79 Å². The number of anilines is 1. The molecule has 8 heteroatoms. The van der Waals surface area contributed by atoms with Crippen LogP contribution in [0.15, 0.2) is 65.6 Å². The van der Waals surface area contributed by atoms with Gasteiger partial charge in [0.05, 0.1) is 16.5 Å². The minimum Gasteiger partial charge on any atom is -0.490 e. The third kappa shape index (κ3) is 6.86. The van der Waals surface area contributed by atoms with Crippen molar-refractivity contribution in [3.05, 3.63) is 90.9 Å². The van der Waals surface area contributed by atoms with Crippen LogP contribution >= 0.6 is 46.0 Å². The van der Waals surface area contributed by atoms with E-state index < -0.39 is 0 Å². The van der Waals surface area contributed by atoms with Gasteiger partial charge in [-0.25, -0.2) is 0 Å². The number of hydrogen-bond acceptors (Lipinski definition) is 5. The van der Waals surface area contributed by atoms with Crippen LogP contribution in [0.1, 0.15) is 30.5 Å². The molecular weight excluding hydrogens is 595 g/mol. The van der Waals surface area contributed by atoms with Crippen molar-refractivity contribution in [3.63, 3.8) is 0 Å². The van der Waals surface area contributed by atoms with Gasteiger partial charge in [0.1, 0.15) is 6.61 Å². The molecule has 0 aromatic heterocycles. The summed E-state index contributed by atoms with van der Waals surface area (Å²) in [5.74, 6) is 0.907. The minimum absolute atomic E-state index is 0.134. The molecule has 4 rings (SSSR count). The SMILES string of the molecule is CCOc1cc(/C=C2\S[C@H](Nc3ccc(CC)cc3)NC2=O)cc(Cl)c1OCc1ccc(I)cc1. The molecule has 0 spiro atoms. The van der Waals surface area contributed by atoms with Crippen molar-refractivity contribution in [1.29, 1.82) is 0 Å². The Hall–Kier alpha value is -2.36. The number of ether oxygens (including phenoxy) is 2. The quantitative estimate of drug-likeness (QED) is 0.198. The van der Waals surface area contributed by atoms with Gasteiger partial charge in [-0.1, -0.05) is 54.6 Å². The first kappa shape index (κ1) is 25.7. The summed E-state index contributed by atoms with van der Waals surface area (Å²) in [5, 5.41) is 6.74. The second-order valence-electron chi connectivity index (χ2n) is 7.85. The van der Waals surface area contributed by atoms with Gasteiger partial charge in [-0.2, -0.15) is 0 Å². The van der Waals surface area contributed by atoms with Crippen LogP contribution in [-0.4, -0.2) is 18.0 Å². The number of nitrogens with one attached hydrogen (secondary N) is 2. The smallest absolute Gasteiger partial charge is 0.260 e. The minimum atomic E-state index is -0.250. The van der Waals surface area contributed by atoms with Crippen LogP contribution in [0.5, 0.6) is 11.5 Å². The molecule has 2 N–H and O–H groups in total. The van der Waals surface area contributed by atoms with Crippen LogP contribution in [0.2, 0.25) is 5.02 Å². The lowest BCUT2D eigenvalue weighted by Crippen LogP contribution is -2.30. The van der Waals surface area contributed by atoms with E-state index >= 15 is 0 Å². The summed E-state index contributed by atoms with van der Waals surface area (Å²) in [4.78, 5) is 13.2. The predicted octanol–water partition coefficient (Wildman–Crippen LogP) is 7.08. The molecule has 182 valence electrons. The molecule has 1 fully saturated rings. The Kier molecular flexibility index (Phi) is 8.86. The van der Waals surface area contributed by atoms with Crippen molar-refractivity contribution in [2.75, 3.05) is 11.9 Å². The van der Waals surface area contributed by atoms with Gasteiger partial charge in [0.2, 0.25) is 0 Å².